The molecule has 2 amide bonds. The van der Waals surface area contributed by atoms with Crippen molar-refractivity contribution in [2.75, 3.05) is 27.4 Å². The van der Waals surface area contributed by atoms with Gasteiger partial charge in [0.25, 0.3) is 5.91 Å². The SMILES string of the molecule is COCCCN1C(=O)c2cc3ccc(OC)cc3n2C[C@@]1(C)C(=O)NC1CCCCCC1. The minimum Gasteiger partial charge on any atom is -0.497 e. The minimum absolute atomic E-state index is 0.0643. The van der Waals surface area contributed by atoms with Gasteiger partial charge in [0.15, 0.2) is 0 Å². The molecule has 174 valence electrons. The van der Waals surface area contributed by atoms with E-state index in [1.807, 2.05) is 35.8 Å². The Morgan fingerprint density at radius 1 is 1.16 bits per heavy atom. The van der Waals surface area contributed by atoms with Crippen LogP contribution >= 0.6 is 0 Å². The van der Waals surface area contributed by atoms with Crippen LogP contribution < -0.4 is 10.1 Å². The first-order valence-corrected chi connectivity index (χ1v) is 11.8. The number of ether oxygens (including phenoxy) is 2. The summed E-state index contributed by atoms with van der Waals surface area (Å²) in [5, 5.41) is 4.27. The second kappa shape index (κ2) is 9.53. The minimum atomic E-state index is -0.973. The van der Waals surface area contributed by atoms with E-state index in [1.54, 1.807) is 19.1 Å². The van der Waals surface area contributed by atoms with Gasteiger partial charge in [-0.2, -0.15) is 0 Å². The van der Waals surface area contributed by atoms with Crippen LogP contribution in [0.4, 0.5) is 0 Å². The summed E-state index contributed by atoms with van der Waals surface area (Å²) in [6, 6.07) is 7.90. The van der Waals surface area contributed by atoms with Crippen molar-refractivity contribution in [3.8, 4) is 5.75 Å². The van der Waals surface area contributed by atoms with E-state index < -0.39 is 5.54 Å². The van der Waals surface area contributed by atoms with Crippen LogP contribution in [0.25, 0.3) is 10.9 Å². The first-order valence-electron chi connectivity index (χ1n) is 11.8. The summed E-state index contributed by atoms with van der Waals surface area (Å²) < 4.78 is 12.6. The Labute approximate surface area is 190 Å². The van der Waals surface area contributed by atoms with Gasteiger partial charge in [0.2, 0.25) is 5.91 Å². The Morgan fingerprint density at radius 2 is 1.91 bits per heavy atom. The molecule has 4 rings (SSSR count). The molecule has 7 nitrogen and oxygen atoms in total. The Balaban J connectivity index is 1.69. The number of carbonyl (C=O) groups is 2. The van der Waals surface area contributed by atoms with Gasteiger partial charge in [-0.25, -0.2) is 0 Å². The van der Waals surface area contributed by atoms with E-state index in [-0.39, 0.29) is 17.9 Å². The topological polar surface area (TPSA) is 72.8 Å². The average molecular weight is 442 g/mol. The first-order chi connectivity index (χ1) is 15.5. The van der Waals surface area contributed by atoms with Crippen molar-refractivity contribution in [2.45, 2.75) is 70.0 Å². The molecule has 1 aliphatic carbocycles. The summed E-state index contributed by atoms with van der Waals surface area (Å²) in [6.45, 7) is 3.34. The first kappa shape index (κ1) is 22.6. The molecule has 1 aromatic carbocycles. The fraction of sp³-hybridized carbons (Fsp3) is 0.600. The van der Waals surface area contributed by atoms with Crippen molar-refractivity contribution >= 4 is 22.7 Å². The average Bonchev–Trinajstić information content (AvgIpc) is 2.95. The van der Waals surface area contributed by atoms with Crippen LogP contribution in [0.5, 0.6) is 5.75 Å². The molecule has 0 unspecified atom stereocenters. The largest absolute Gasteiger partial charge is 0.497 e. The van der Waals surface area contributed by atoms with E-state index in [4.69, 9.17) is 9.47 Å². The lowest BCUT2D eigenvalue weighted by Gasteiger charge is -2.44. The molecule has 2 aliphatic rings. The van der Waals surface area contributed by atoms with E-state index >= 15 is 0 Å². The van der Waals surface area contributed by atoms with Gasteiger partial charge < -0.3 is 24.3 Å². The fourth-order valence-electron chi connectivity index (χ4n) is 5.14. The molecule has 2 heterocycles. The fourth-order valence-corrected chi connectivity index (χ4v) is 5.14. The van der Waals surface area contributed by atoms with Crippen LogP contribution in [0.15, 0.2) is 24.3 Å². The quantitative estimate of drug-likeness (QED) is 0.525. The van der Waals surface area contributed by atoms with Crippen LogP contribution in [0.2, 0.25) is 0 Å². The number of rotatable bonds is 7. The summed E-state index contributed by atoms with van der Waals surface area (Å²) in [5.74, 6) is 0.560. The summed E-state index contributed by atoms with van der Waals surface area (Å²) in [7, 11) is 3.29. The van der Waals surface area contributed by atoms with Crippen molar-refractivity contribution < 1.29 is 19.1 Å². The Bertz CT molecular complexity index is 977. The third kappa shape index (κ3) is 4.22. The highest BCUT2D eigenvalue weighted by atomic mass is 16.5. The zero-order valence-electron chi connectivity index (χ0n) is 19.5. The van der Waals surface area contributed by atoms with E-state index in [0.717, 1.165) is 42.3 Å². The third-order valence-electron chi connectivity index (χ3n) is 7.05. The predicted octanol–water partition coefficient (Wildman–Crippen LogP) is 3.74. The van der Waals surface area contributed by atoms with Gasteiger partial charge in [0, 0.05) is 37.8 Å². The highest BCUT2D eigenvalue weighted by Gasteiger charge is 2.47. The van der Waals surface area contributed by atoms with Crippen LogP contribution in [0.1, 0.15) is 62.4 Å². The van der Waals surface area contributed by atoms with Crippen molar-refractivity contribution in [3.63, 3.8) is 0 Å². The molecule has 0 radical (unpaired) electrons. The predicted molar refractivity (Wildman–Crippen MR) is 124 cm³/mol. The van der Waals surface area contributed by atoms with Crippen LogP contribution in [0.3, 0.4) is 0 Å². The number of methoxy groups -OCH3 is 2. The van der Waals surface area contributed by atoms with Gasteiger partial charge in [-0.1, -0.05) is 25.7 Å². The molecule has 2 aromatic rings. The van der Waals surface area contributed by atoms with E-state index in [1.165, 1.54) is 12.8 Å². The monoisotopic (exact) mass is 441 g/mol. The molecule has 0 bridgehead atoms. The van der Waals surface area contributed by atoms with E-state index in [9.17, 15) is 9.59 Å². The normalized spacial score (nSPS) is 22.0. The number of aromatic nitrogens is 1. The number of amides is 2. The number of hydrogen-bond donors (Lipinski definition) is 1. The molecule has 1 N–H and O–H groups in total. The van der Waals surface area contributed by atoms with Gasteiger partial charge in [-0.15, -0.1) is 0 Å². The lowest BCUT2D eigenvalue weighted by molar-refractivity contribution is -0.133. The molecule has 1 saturated carbocycles. The molecule has 1 atom stereocenters. The standard InChI is InChI=1S/C25H35N3O4/c1-25(24(30)26-19-9-6-4-5-7-10-19)17-27-21-16-20(32-3)12-11-18(21)15-22(27)23(29)28(25)13-8-14-31-2/h11-12,15-16,19H,4-10,13-14,17H2,1-3H3,(H,26,30)/t25-/m0/s1. The maximum atomic E-state index is 13.7. The third-order valence-corrected chi connectivity index (χ3v) is 7.05. The Morgan fingerprint density at radius 3 is 2.59 bits per heavy atom. The zero-order valence-corrected chi connectivity index (χ0v) is 19.5. The summed E-state index contributed by atoms with van der Waals surface area (Å²) in [5.41, 5.74) is 0.558. The van der Waals surface area contributed by atoms with Crippen LogP contribution in [-0.4, -0.2) is 60.2 Å². The Kier molecular flexibility index (Phi) is 6.74. The van der Waals surface area contributed by atoms with Crippen molar-refractivity contribution in [2.24, 2.45) is 0 Å². The number of nitrogens with one attached hydrogen (secondary N) is 1. The van der Waals surface area contributed by atoms with Gasteiger partial charge in [-0.3, -0.25) is 9.59 Å². The van der Waals surface area contributed by atoms with Gasteiger partial charge in [-0.05, 0) is 44.4 Å². The molecular weight excluding hydrogens is 406 g/mol. The lowest BCUT2D eigenvalue weighted by Crippen LogP contribution is -2.65. The summed E-state index contributed by atoms with van der Waals surface area (Å²) >= 11 is 0. The van der Waals surface area contributed by atoms with Gasteiger partial charge in [0.05, 0.1) is 19.2 Å². The molecule has 1 aromatic heterocycles. The summed E-state index contributed by atoms with van der Waals surface area (Å²) in [6.07, 6.45) is 7.44. The number of carbonyl (C=O) groups excluding carboxylic acids is 2. The smallest absolute Gasteiger partial charge is 0.271 e. The summed E-state index contributed by atoms with van der Waals surface area (Å²) in [4.78, 5) is 29.1. The van der Waals surface area contributed by atoms with Gasteiger partial charge >= 0.3 is 0 Å². The van der Waals surface area contributed by atoms with E-state index in [0.29, 0.717) is 31.8 Å². The number of hydrogen-bond acceptors (Lipinski definition) is 4. The highest BCUT2D eigenvalue weighted by Crippen LogP contribution is 2.34. The second-order valence-corrected chi connectivity index (χ2v) is 9.28. The molecule has 1 fully saturated rings. The maximum Gasteiger partial charge on any atom is 0.271 e. The van der Waals surface area contributed by atoms with Crippen molar-refractivity contribution in [1.29, 1.82) is 0 Å². The zero-order chi connectivity index (χ0) is 22.7. The van der Waals surface area contributed by atoms with Gasteiger partial charge in [0.1, 0.15) is 17.0 Å². The highest BCUT2D eigenvalue weighted by molar-refractivity contribution is 6.03. The number of benzene rings is 1. The second-order valence-electron chi connectivity index (χ2n) is 9.28. The maximum absolute atomic E-state index is 13.7. The lowest BCUT2D eigenvalue weighted by atomic mass is 9.93. The van der Waals surface area contributed by atoms with Crippen molar-refractivity contribution in [1.82, 2.24) is 14.8 Å². The van der Waals surface area contributed by atoms with Crippen LogP contribution in [0, 0.1) is 0 Å². The molecule has 0 spiro atoms. The molecule has 0 saturated heterocycles. The van der Waals surface area contributed by atoms with E-state index in [2.05, 4.69) is 5.32 Å². The number of nitrogens with zero attached hydrogens (tertiary/aromatic N) is 2. The molecule has 1 aliphatic heterocycles. The van der Waals surface area contributed by atoms with Crippen LogP contribution in [-0.2, 0) is 16.1 Å². The van der Waals surface area contributed by atoms with Crippen molar-refractivity contribution in [3.05, 3.63) is 30.0 Å². The molecule has 32 heavy (non-hydrogen) atoms. The molecule has 7 heteroatoms. The Hall–Kier alpha value is -2.54. The number of fused-ring (bicyclic) bond motifs is 3. The molecular formula is C25H35N3O4.